The summed E-state index contributed by atoms with van der Waals surface area (Å²) in [6.45, 7) is 1.94. The fourth-order valence-electron chi connectivity index (χ4n) is 4.18. The van der Waals surface area contributed by atoms with Crippen molar-refractivity contribution in [1.82, 2.24) is 15.1 Å². The van der Waals surface area contributed by atoms with Gasteiger partial charge in [-0.25, -0.2) is 4.79 Å². The van der Waals surface area contributed by atoms with Crippen molar-refractivity contribution in [3.8, 4) is 11.3 Å². The number of likely N-dealkylation sites (tertiary alicyclic amines) is 1. The molecule has 0 N–H and O–H groups in total. The third-order valence-electron chi connectivity index (χ3n) is 5.57. The first-order valence-corrected chi connectivity index (χ1v) is 9.45. The van der Waals surface area contributed by atoms with Gasteiger partial charge < -0.3 is 14.5 Å². The molecular formula is C20H21F3N4O2. The molecule has 2 saturated heterocycles. The van der Waals surface area contributed by atoms with Gasteiger partial charge in [0.1, 0.15) is 0 Å². The highest BCUT2D eigenvalue weighted by Gasteiger charge is 2.50. The largest absolute Gasteiger partial charge is 0.491 e. The quantitative estimate of drug-likeness (QED) is 0.731. The molecule has 9 heteroatoms. The number of halogens is 3. The summed E-state index contributed by atoms with van der Waals surface area (Å²) >= 11 is 0. The van der Waals surface area contributed by atoms with E-state index in [0.29, 0.717) is 24.5 Å². The van der Waals surface area contributed by atoms with Crippen molar-refractivity contribution < 1.29 is 22.7 Å². The molecule has 3 heterocycles. The van der Waals surface area contributed by atoms with Gasteiger partial charge in [-0.3, -0.25) is 0 Å². The number of piperidine rings is 1. The van der Waals surface area contributed by atoms with Gasteiger partial charge in [-0.2, -0.15) is 13.2 Å². The van der Waals surface area contributed by atoms with Crippen LogP contribution in [-0.2, 0) is 9.53 Å². The number of hydrogen-bond donors (Lipinski definition) is 0. The molecule has 0 amide bonds. The first kappa shape index (κ1) is 19.6. The SMILES string of the molecule is CN1CCC2C(C1)CN(c1ccc(-c3ccccc3)nn1)C2OC(=O)C(F)(F)F. The van der Waals surface area contributed by atoms with Crippen molar-refractivity contribution in [2.45, 2.75) is 18.8 Å². The van der Waals surface area contributed by atoms with Gasteiger partial charge in [0.05, 0.1) is 5.69 Å². The minimum absolute atomic E-state index is 0.0929. The average molecular weight is 406 g/mol. The lowest BCUT2D eigenvalue weighted by molar-refractivity contribution is -0.206. The van der Waals surface area contributed by atoms with Crippen LogP contribution < -0.4 is 4.90 Å². The number of carbonyl (C=O) groups excluding carboxylic acids is 1. The zero-order valence-corrected chi connectivity index (χ0v) is 15.8. The Morgan fingerprint density at radius 2 is 1.86 bits per heavy atom. The van der Waals surface area contributed by atoms with Crippen LogP contribution in [0, 0.1) is 11.8 Å². The van der Waals surface area contributed by atoms with Crippen molar-refractivity contribution in [2.75, 3.05) is 31.6 Å². The van der Waals surface area contributed by atoms with E-state index in [2.05, 4.69) is 15.1 Å². The van der Waals surface area contributed by atoms with Crippen molar-refractivity contribution in [3.63, 3.8) is 0 Å². The lowest BCUT2D eigenvalue weighted by Gasteiger charge is -2.34. The minimum Gasteiger partial charge on any atom is -0.435 e. The highest BCUT2D eigenvalue weighted by atomic mass is 19.4. The third kappa shape index (κ3) is 4.05. The normalized spacial score (nSPS) is 25.0. The number of rotatable bonds is 3. The van der Waals surface area contributed by atoms with Crippen LogP contribution in [0.3, 0.4) is 0 Å². The van der Waals surface area contributed by atoms with E-state index in [0.717, 1.165) is 18.7 Å². The predicted octanol–water partition coefficient (Wildman–Crippen LogP) is 2.96. The second kappa shape index (κ2) is 7.62. The molecule has 3 atom stereocenters. The van der Waals surface area contributed by atoms with Crippen LogP contribution in [0.15, 0.2) is 42.5 Å². The van der Waals surface area contributed by atoms with Crippen LogP contribution in [0.25, 0.3) is 11.3 Å². The van der Waals surface area contributed by atoms with Crippen molar-refractivity contribution in [3.05, 3.63) is 42.5 Å². The fourth-order valence-corrected chi connectivity index (χ4v) is 4.18. The minimum atomic E-state index is -5.03. The molecule has 0 saturated carbocycles. The maximum atomic E-state index is 12.8. The molecule has 2 aliphatic heterocycles. The van der Waals surface area contributed by atoms with E-state index >= 15 is 0 Å². The predicted molar refractivity (Wildman–Crippen MR) is 99.8 cm³/mol. The molecule has 154 valence electrons. The number of ether oxygens (including phenoxy) is 1. The van der Waals surface area contributed by atoms with Crippen LogP contribution in [0.1, 0.15) is 6.42 Å². The Morgan fingerprint density at radius 3 is 2.52 bits per heavy atom. The lowest BCUT2D eigenvalue weighted by atomic mass is 9.88. The molecule has 2 fully saturated rings. The van der Waals surface area contributed by atoms with Gasteiger partial charge in [-0.15, -0.1) is 10.2 Å². The Balaban J connectivity index is 1.60. The van der Waals surface area contributed by atoms with Gasteiger partial charge in [0, 0.05) is 24.6 Å². The van der Waals surface area contributed by atoms with Crippen LogP contribution in [-0.4, -0.2) is 60.2 Å². The van der Waals surface area contributed by atoms with Crippen LogP contribution in [0.2, 0.25) is 0 Å². The van der Waals surface area contributed by atoms with Gasteiger partial charge in [-0.1, -0.05) is 30.3 Å². The molecular weight excluding hydrogens is 385 g/mol. The Morgan fingerprint density at radius 1 is 1.10 bits per heavy atom. The number of nitrogens with zero attached hydrogens (tertiary/aromatic N) is 4. The number of anilines is 1. The zero-order valence-electron chi connectivity index (χ0n) is 15.8. The molecule has 0 radical (unpaired) electrons. The van der Waals surface area contributed by atoms with Crippen LogP contribution >= 0.6 is 0 Å². The zero-order chi connectivity index (χ0) is 20.6. The van der Waals surface area contributed by atoms with Gasteiger partial charge >= 0.3 is 12.1 Å². The highest BCUT2D eigenvalue weighted by Crippen LogP contribution is 2.39. The maximum Gasteiger partial charge on any atom is 0.491 e. The summed E-state index contributed by atoms with van der Waals surface area (Å²) < 4.78 is 43.4. The van der Waals surface area contributed by atoms with Gasteiger partial charge in [0.2, 0.25) is 0 Å². The Kier molecular flexibility index (Phi) is 5.16. The average Bonchev–Trinajstić information content (AvgIpc) is 3.05. The first-order valence-electron chi connectivity index (χ1n) is 9.45. The van der Waals surface area contributed by atoms with E-state index in [1.807, 2.05) is 37.4 Å². The molecule has 1 aromatic heterocycles. The molecule has 3 unspecified atom stereocenters. The Hall–Kier alpha value is -2.68. The second-order valence-electron chi connectivity index (χ2n) is 7.56. The topological polar surface area (TPSA) is 58.6 Å². The van der Waals surface area contributed by atoms with Gasteiger partial charge in [-0.05, 0) is 38.1 Å². The van der Waals surface area contributed by atoms with E-state index in [4.69, 9.17) is 4.74 Å². The van der Waals surface area contributed by atoms with Crippen molar-refractivity contribution in [2.24, 2.45) is 11.8 Å². The van der Waals surface area contributed by atoms with Gasteiger partial charge in [0.15, 0.2) is 12.0 Å². The molecule has 4 rings (SSSR count). The smallest absolute Gasteiger partial charge is 0.435 e. The number of aromatic nitrogens is 2. The lowest BCUT2D eigenvalue weighted by Crippen LogP contribution is -2.43. The number of carbonyl (C=O) groups is 1. The monoisotopic (exact) mass is 406 g/mol. The Bertz CT molecular complexity index is 860. The molecule has 0 bridgehead atoms. The maximum absolute atomic E-state index is 12.8. The second-order valence-corrected chi connectivity index (χ2v) is 7.56. The third-order valence-corrected chi connectivity index (χ3v) is 5.57. The number of fused-ring (bicyclic) bond motifs is 1. The summed E-state index contributed by atoms with van der Waals surface area (Å²) in [5, 5.41) is 8.45. The number of hydrogen-bond acceptors (Lipinski definition) is 6. The van der Waals surface area contributed by atoms with Crippen LogP contribution in [0.4, 0.5) is 19.0 Å². The molecule has 6 nitrogen and oxygen atoms in total. The number of alkyl halides is 3. The fraction of sp³-hybridized carbons (Fsp3) is 0.450. The molecule has 2 aromatic rings. The summed E-state index contributed by atoms with van der Waals surface area (Å²) in [4.78, 5) is 15.3. The van der Waals surface area contributed by atoms with Gasteiger partial charge in [0.25, 0.3) is 0 Å². The Labute approximate surface area is 166 Å². The summed E-state index contributed by atoms with van der Waals surface area (Å²) in [7, 11) is 1.98. The van der Waals surface area contributed by atoms with E-state index in [-0.39, 0.29) is 11.8 Å². The molecule has 0 aliphatic carbocycles. The van der Waals surface area contributed by atoms with Crippen molar-refractivity contribution >= 4 is 11.8 Å². The first-order chi connectivity index (χ1) is 13.8. The molecule has 2 aliphatic rings. The summed E-state index contributed by atoms with van der Waals surface area (Å²) in [5.41, 5.74) is 1.55. The van der Waals surface area contributed by atoms with E-state index in [1.165, 1.54) is 0 Å². The van der Waals surface area contributed by atoms with Crippen LogP contribution in [0.5, 0.6) is 0 Å². The van der Waals surface area contributed by atoms with E-state index < -0.39 is 18.4 Å². The highest BCUT2D eigenvalue weighted by molar-refractivity contribution is 5.76. The summed E-state index contributed by atoms with van der Waals surface area (Å²) in [6, 6.07) is 13.0. The van der Waals surface area contributed by atoms with E-state index in [1.54, 1.807) is 17.0 Å². The number of benzene rings is 1. The summed E-state index contributed by atoms with van der Waals surface area (Å²) in [6.07, 6.45) is -5.37. The molecule has 0 spiro atoms. The van der Waals surface area contributed by atoms with Crippen molar-refractivity contribution in [1.29, 1.82) is 0 Å². The molecule has 29 heavy (non-hydrogen) atoms. The number of esters is 1. The van der Waals surface area contributed by atoms with E-state index in [9.17, 15) is 18.0 Å². The molecule has 1 aromatic carbocycles. The summed E-state index contributed by atoms with van der Waals surface area (Å²) in [5.74, 6) is -1.84. The standard InChI is InChI=1S/C20H21F3N4O2/c1-26-10-9-15-14(11-26)12-27(18(15)29-19(28)20(21,22)23)17-8-7-16(24-25-17)13-5-3-2-4-6-13/h2-8,14-15,18H,9-12H2,1H3.